The first-order valence-electron chi connectivity index (χ1n) is 13.8. The first kappa shape index (κ1) is 31.5. The van der Waals surface area contributed by atoms with Crippen LogP contribution in [0.25, 0.3) is 11.0 Å². The molecule has 4 aromatic rings. The van der Waals surface area contributed by atoms with Crippen LogP contribution in [0.2, 0.25) is 0 Å². The fourth-order valence-corrected chi connectivity index (χ4v) is 5.01. The van der Waals surface area contributed by atoms with Gasteiger partial charge in [0.05, 0.1) is 18.7 Å². The molecule has 0 saturated carbocycles. The molecule has 0 radical (unpaired) electrons. The largest absolute Gasteiger partial charge is 0.489 e. The molecule has 1 aromatic heterocycles. The lowest BCUT2D eigenvalue weighted by atomic mass is 10.1. The van der Waals surface area contributed by atoms with Crippen LogP contribution in [-0.4, -0.2) is 64.8 Å². The number of aromatic amines is 2. The van der Waals surface area contributed by atoms with Gasteiger partial charge in [-0.15, -0.1) is 0 Å². The van der Waals surface area contributed by atoms with Gasteiger partial charge in [0.2, 0.25) is 0 Å². The molecule has 0 aliphatic heterocycles. The fraction of sp³-hybridized carbons (Fsp3) is 0.367. The van der Waals surface area contributed by atoms with Gasteiger partial charge in [-0.3, -0.25) is 4.57 Å². The summed E-state index contributed by atoms with van der Waals surface area (Å²) in [5.41, 5.74) is 3.00. The van der Waals surface area contributed by atoms with Gasteiger partial charge in [0.1, 0.15) is 29.7 Å². The molecule has 4 rings (SSSR count). The Morgan fingerprint density at radius 3 is 2.50 bits per heavy atom. The number of fused-ring (bicyclic) bond motifs is 1. The van der Waals surface area contributed by atoms with Crippen LogP contribution in [-0.2, 0) is 26.9 Å². The highest BCUT2D eigenvalue weighted by Gasteiger charge is 2.20. The minimum atomic E-state index is -3.89. The molecule has 0 amide bonds. The van der Waals surface area contributed by atoms with E-state index in [9.17, 15) is 19.4 Å². The van der Waals surface area contributed by atoms with Gasteiger partial charge in [0, 0.05) is 19.2 Å². The number of hydrogen-bond donors (Lipinski definition) is 5. The van der Waals surface area contributed by atoms with Crippen LogP contribution in [0, 0.1) is 0 Å². The average Bonchev–Trinajstić information content (AvgIpc) is 3.38. The normalized spacial score (nSPS) is 14.4. The summed E-state index contributed by atoms with van der Waals surface area (Å²) >= 11 is 0. The zero-order chi connectivity index (χ0) is 29.8. The maximum Gasteiger partial charge on any atom is 0.365 e. The van der Waals surface area contributed by atoms with Crippen LogP contribution in [0.4, 0.5) is 0 Å². The van der Waals surface area contributed by atoms with E-state index >= 15 is 0 Å². The molecular formula is C30H38N3O8P. The van der Waals surface area contributed by atoms with Gasteiger partial charge in [-0.25, -0.2) is 4.79 Å². The van der Waals surface area contributed by atoms with Crippen molar-refractivity contribution in [1.82, 2.24) is 15.3 Å². The Morgan fingerprint density at radius 2 is 1.71 bits per heavy atom. The number of nitrogens with one attached hydrogen (secondary N) is 3. The zero-order valence-corrected chi connectivity index (χ0v) is 24.4. The number of ether oxygens (including phenoxy) is 3. The summed E-state index contributed by atoms with van der Waals surface area (Å²) in [6, 6.07) is 22.4. The molecule has 0 saturated heterocycles. The maximum absolute atomic E-state index is 12.3. The lowest BCUT2D eigenvalue weighted by Crippen LogP contribution is -2.37. The molecule has 11 nitrogen and oxygen atoms in total. The highest BCUT2D eigenvalue weighted by Crippen LogP contribution is 2.42. The summed E-state index contributed by atoms with van der Waals surface area (Å²) in [5.74, 6) is 0.961. The fourth-order valence-electron chi connectivity index (χ4n) is 4.21. The molecule has 42 heavy (non-hydrogen) atoms. The van der Waals surface area contributed by atoms with Crippen molar-refractivity contribution in [1.29, 1.82) is 0 Å². The number of hydrogen-bond acceptors (Lipinski definition) is 8. The summed E-state index contributed by atoms with van der Waals surface area (Å²) < 4.78 is 34.2. The molecule has 3 atom stereocenters. The second-order valence-corrected chi connectivity index (χ2v) is 11.8. The van der Waals surface area contributed by atoms with Crippen molar-refractivity contribution in [2.24, 2.45) is 0 Å². The summed E-state index contributed by atoms with van der Waals surface area (Å²) in [4.78, 5) is 26.9. The highest BCUT2D eigenvalue weighted by atomic mass is 31.2. The monoisotopic (exact) mass is 599 g/mol. The number of para-hydroxylation sites is 1. The van der Waals surface area contributed by atoms with Gasteiger partial charge < -0.3 is 44.0 Å². The summed E-state index contributed by atoms with van der Waals surface area (Å²) in [6.45, 7) is 3.41. The molecule has 0 spiro atoms. The number of aromatic nitrogens is 2. The number of aliphatic hydroxyl groups excluding tert-OH is 1. The van der Waals surface area contributed by atoms with Crippen molar-refractivity contribution >= 4 is 18.6 Å². The third-order valence-electron chi connectivity index (χ3n) is 6.34. The van der Waals surface area contributed by atoms with E-state index in [2.05, 4.69) is 15.3 Å². The molecule has 5 N–H and O–H groups in total. The van der Waals surface area contributed by atoms with Crippen molar-refractivity contribution in [3.63, 3.8) is 0 Å². The molecule has 3 unspecified atom stereocenters. The van der Waals surface area contributed by atoms with Crippen molar-refractivity contribution in [2.45, 2.75) is 38.5 Å². The second-order valence-electron chi connectivity index (χ2n) is 10.0. The van der Waals surface area contributed by atoms with Crippen molar-refractivity contribution in [2.75, 3.05) is 32.7 Å². The number of imidazole rings is 1. The Balaban J connectivity index is 1.09. The third kappa shape index (κ3) is 10.4. The quantitative estimate of drug-likeness (QED) is 0.0844. The molecule has 0 aliphatic rings. The topological polar surface area (TPSA) is 155 Å². The smallest absolute Gasteiger partial charge is 0.365 e. The Hall–Kier alpha value is -3.44. The lowest BCUT2D eigenvalue weighted by Gasteiger charge is -2.18. The van der Waals surface area contributed by atoms with Crippen LogP contribution >= 0.6 is 7.60 Å². The van der Waals surface area contributed by atoms with E-state index in [0.29, 0.717) is 55.1 Å². The maximum atomic E-state index is 12.3. The van der Waals surface area contributed by atoms with E-state index in [4.69, 9.17) is 18.7 Å². The standard InChI is InChI=1S/C30H38N3O8P/c1-22(31-18-25(34)20-39-28-10-5-9-27-29(28)33-30(35)32-27)17-23-11-13-26(14-12-23)40-21-42(36,37)41-16-6-15-38-19-24-7-3-2-4-8-24/h2-5,7-14,22,25,31,34H,6,15-21H2,1H3,(H,36,37)(H2,32,33,35). The number of aliphatic hydroxyl groups is 1. The molecule has 0 fully saturated rings. The Kier molecular flexibility index (Phi) is 11.8. The minimum absolute atomic E-state index is 0.0680. The second kappa shape index (κ2) is 15.7. The molecule has 0 aliphatic carbocycles. The molecule has 0 bridgehead atoms. The number of rotatable bonds is 18. The van der Waals surface area contributed by atoms with E-state index in [1.54, 1.807) is 30.3 Å². The summed E-state index contributed by atoms with van der Waals surface area (Å²) in [7, 11) is -3.89. The lowest BCUT2D eigenvalue weighted by molar-refractivity contribution is 0.104. The molecule has 12 heteroatoms. The van der Waals surface area contributed by atoms with Gasteiger partial charge in [-0.05, 0) is 55.2 Å². The van der Waals surface area contributed by atoms with Gasteiger partial charge in [0.15, 0.2) is 6.35 Å². The first-order chi connectivity index (χ1) is 20.3. The molecule has 226 valence electrons. The van der Waals surface area contributed by atoms with E-state index in [1.807, 2.05) is 49.4 Å². The van der Waals surface area contributed by atoms with Crippen molar-refractivity contribution in [3.8, 4) is 11.5 Å². The summed E-state index contributed by atoms with van der Waals surface area (Å²) in [6.07, 6.45) is 0.00616. The molecule has 1 heterocycles. The minimum Gasteiger partial charge on any atom is -0.489 e. The van der Waals surface area contributed by atoms with Crippen LogP contribution in [0.15, 0.2) is 77.6 Å². The van der Waals surface area contributed by atoms with Crippen molar-refractivity contribution in [3.05, 3.63) is 94.4 Å². The molecular weight excluding hydrogens is 561 g/mol. The number of benzene rings is 3. The summed E-state index contributed by atoms with van der Waals surface area (Å²) in [5, 5.41) is 13.6. The van der Waals surface area contributed by atoms with Crippen molar-refractivity contribution < 1.29 is 33.3 Å². The average molecular weight is 600 g/mol. The van der Waals surface area contributed by atoms with Gasteiger partial charge >= 0.3 is 13.3 Å². The van der Waals surface area contributed by atoms with Gasteiger partial charge in [0.25, 0.3) is 0 Å². The van der Waals surface area contributed by atoms with Gasteiger partial charge in [-0.2, -0.15) is 0 Å². The SMILES string of the molecule is CC(Cc1ccc(OCP(=O)(O)OCCCOCc2ccccc2)cc1)NCC(O)COc1cccc2[nH]c(=O)[nH]c12. The van der Waals surface area contributed by atoms with E-state index in [1.165, 1.54) is 0 Å². The van der Waals surface area contributed by atoms with Crippen LogP contribution < -0.4 is 20.5 Å². The first-order valence-corrected chi connectivity index (χ1v) is 15.6. The predicted octanol–water partition coefficient (Wildman–Crippen LogP) is 3.96. The predicted molar refractivity (Wildman–Crippen MR) is 160 cm³/mol. The van der Waals surface area contributed by atoms with Crippen LogP contribution in [0.5, 0.6) is 11.5 Å². The zero-order valence-electron chi connectivity index (χ0n) is 23.5. The van der Waals surface area contributed by atoms with Crippen LogP contribution in [0.3, 0.4) is 0 Å². The van der Waals surface area contributed by atoms with E-state index in [-0.39, 0.29) is 24.9 Å². The van der Waals surface area contributed by atoms with E-state index in [0.717, 1.165) is 11.1 Å². The number of H-pyrrole nitrogens is 2. The highest BCUT2D eigenvalue weighted by molar-refractivity contribution is 7.52. The molecule has 3 aromatic carbocycles. The van der Waals surface area contributed by atoms with Gasteiger partial charge in [-0.1, -0.05) is 48.5 Å². The Morgan fingerprint density at radius 1 is 0.929 bits per heavy atom. The Bertz CT molecular complexity index is 1480. The third-order valence-corrected chi connectivity index (χ3v) is 7.38. The Labute approximate surface area is 244 Å². The van der Waals surface area contributed by atoms with E-state index < -0.39 is 20.0 Å². The van der Waals surface area contributed by atoms with Crippen LogP contribution in [0.1, 0.15) is 24.5 Å².